The van der Waals surface area contributed by atoms with Crippen molar-refractivity contribution in [1.82, 2.24) is 9.88 Å². The van der Waals surface area contributed by atoms with Gasteiger partial charge in [-0.2, -0.15) is 0 Å². The normalized spacial score (nSPS) is 20.9. The number of halogens is 1. The van der Waals surface area contributed by atoms with Crippen molar-refractivity contribution in [1.29, 1.82) is 0 Å². The van der Waals surface area contributed by atoms with E-state index in [9.17, 15) is 9.59 Å². The van der Waals surface area contributed by atoms with Gasteiger partial charge in [0.1, 0.15) is 5.69 Å². The Labute approximate surface area is 125 Å². The number of aromatic amines is 1. The van der Waals surface area contributed by atoms with Crippen molar-refractivity contribution >= 4 is 27.5 Å². The van der Waals surface area contributed by atoms with Crippen LogP contribution in [-0.4, -0.2) is 34.9 Å². The number of nitrogens with one attached hydrogen (secondary N) is 2. The first-order chi connectivity index (χ1) is 9.66. The number of amides is 1. The van der Waals surface area contributed by atoms with Gasteiger partial charge in [0.15, 0.2) is 0 Å². The third-order valence-corrected chi connectivity index (χ3v) is 4.62. The molecule has 0 radical (unpaired) electrons. The second kappa shape index (κ2) is 5.69. The fourth-order valence-corrected chi connectivity index (χ4v) is 3.21. The van der Waals surface area contributed by atoms with Gasteiger partial charge >= 0.3 is 0 Å². The number of nitrogens with zero attached hydrogens (tertiary/aromatic N) is 1. The molecular formula is C14H18BrN3O2. The lowest BCUT2D eigenvalue weighted by Crippen LogP contribution is -2.44. The minimum atomic E-state index is -0.187. The van der Waals surface area contributed by atoms with E-state index in [2.05, 4.69) is 31.1 Å². The predicted molar refractivity (Wildman–Crippen MR) is 80.7 cm³/mol. The fraction of sp³-hybridized carbons (Fsp3) is 0.571. The number of likely N-dealkylation sites (tertiary alicyclic amines) is 1. The summed E-state index contributed by atoms with van der Waals surface area (Å²) in [5, 5.41) is 2.80. The van der Waals surface area contributed by atoms with Crippen LogP contribution in [0, 0.1) is 5.92 Å². The molecule has 6 heteroatoms. The standard InChI is InChI=1S/C14H18BrN3O2/c15-10-7-16-8-11(13(10)19)17-14(20)12(9-3-4-9)18-5-1-2-6-18/h7-9,12H,1-6H2,(H,16,19)(H,17,20)/t12-/m0/s1. The lowest BCUT2D eigenvalue weighted by atomic mass is 10.1. The van der Waals surface area contributed by atoms with E-state index >= 15 is 0 Å². The molecule has 1 amide bonds. The molecule has 5 nitrogen and oxygen atoms in total. The highest BCUT2D eigenvalue weighted by molar-refractivity contribution is 9.10. The molecule has 1 aromatic rings. The number of pyridine rings is 1. The molecule has 0 aromatic carbocycles. The van der Waals surface area contributed by atoms with Crippen LogP contribution >= 0.6 is 15.9 Å². The van der Waals surface area contributed by atoms with Crippen molar-refractivity contribution in [2.75, 3.05) is 18.4 Å². The maximum absolute atomic E-state index is 12.5. The summed E-state index contributed by atoms with van der Waals surface area (Å²) in [4.78, 5) is 29.6. The fourth-order valence-electron chi connectivity index (χ4n) is 2.87. The summed E-state index contributed by atoms with van der Waals surface area (Å²) < 4.78 is 0.430. The van der Waals surface area contributed by atoms with E-state index in [1.165, 1.54) is 0 Å². The second-order valence-corrected chi connectivity index (χ2v) is 6.42. The quantitative estimate of drug-likeness (QED) is 0.881. The zero-order valence-corrected chi connectivity index (χ0v) is 12.8. The number of hydrogen-bond acceptors (Lipinski definition) is 3. The molecule has 3 rings (SSSR count). The van der Waals surface area contributed by atoms with Crippen molar-refractivity contribution in [2.24, 2.45) is 5.92 Å². The molecule has 2 aliphatic rings. The van der Waals surface area contributed by atoms with Crippen LogP contribution in [0.3, 0.4) is 0 Å². The van der Waals surface area contributed by atoms with Gasteiger partial charge < -0.3 is 10.3 Å². The predicted octanol–water partition coefficient (Wildman–Crippen LogP) is 1.95. The Morgan fingerprint density at radius 3 is 2.70 bits per heavy atom. The van der Waals surface area contributed by atoms with Gasteiger partial charge in [-0.3, -0.25) is 14.5 Å². The highest BCUT2D eigenvalue weighted by Gasteiger charge is 2.41. The third-order valence-electron chi connectivity index (χ3n) is 4.03. The molecule has 20 heavy (non-hydrogen) atoms. The SMILES string of the molecule is O=C(Nc1c[nH]cc(Br)c1=O)[C@H](C1CC1)N1CCCC1. The molecule has 0 bridgehead atoms. The lowest BCUT2D eigenvalue weighted by Gasteiger charge is -2.26. The Hall–Kier alpha value is -1.14. The topological polar surface area (TPSA) is 65.2 Å². The maximum Gasteiger partial charge on any atom is 0.242 e. The number of H-pyrrole nitrogens is 1. The first-order valence-corrected chi connectivity index (χ1v) is 7.87. The molecule has 0 spiro atoms. The molecule has 1 saturated carbocycles. The minimum absolute atomic E-state index is 0.0435. The van der Waals surface area contributed by atoms with Crippen LogP contribution in [0.4, 0.5) is 5.69 Å². The van der Waals surface area contributed by atoms with Crippen LogP contribution in [-0.2, 0) is 4.79 Å². The summed E-state index contributed by atoms with van der Waals surface area (Å²) >= 11 is 3.18. The number of carbonyl (C=O) groups is 1. The molecular weight excluding hydrogens is 322 g/mol. The van der Waals surface area contributed by atoms with Crippen molar-refractivity contribution < 1.29 is 4.79 Å². The van der Waals surface area contributed by atoms with Gasteiger partial charge in [-0.05, 0) is 60.6 Å². The lowest BCUT2D eigenvalue weighted by molar-refractivity contribution is -0.121. The Morgan fingerprint density at radius 2 is 2.05 bits per heavy atom. The van der Waals surface area contributed by atoms with Crippen LogP contribution < -0.4 is 10.7 Å². The number of hydrogen-bond donors (Lipinski definition) is 2. The zero-order chi connectivity index (χ0) is 14.1. The van der Waals surface area contributed by atoms with E-state index in [1.54, 1.807) is 12.4 Å². The molecule has 1 saturated heterocycles. The Kier molecular flexibility index (Phi) is 3.94. The van der Waals surface area contributed by atoms with Gasteiger partial charge in [-0.25, -0.2) is 0 Å². The number of carbonyl (C=O) groups excluding carboxylic acids is 1. The van der Waals surface area contributed by atoms with Crippen LogP contribution in [0.25, 0.3) is 0 Å². The van der Waals surface area contributed by atoms with Gasteiger partial charge in [-0.1, -0.05) is 0 Å². The molecule has 1 aliphatic heterocycles. The molecule has 1 aliphatic carbocycles. The van der Waals surface area contributed by atoms with Crippen LogP contribution in [0.2, 0.25) is 0 Å². The van der Waals surface area contributed by atoms with Gasteiger partial charge in [0.2, 0.25) is 11.3 Å². The molecule has 0 unspecified atom stereocenters. The summed E-state index contributed by atoms with van der Waals surface area (Å²) in [6, 6.07) is -0.0733. The molecule has 2 heterocycles. The van der Waals surface area contributed by atoms with Gasteiger partial charge in [0, 0.05) is 12.4 Å². The highest BCUT2D eigenvalue weighted by Crippen LogP contribution is 2.37. The monoisotopic (exact) mass is 339 g/mol. The largest absolute Gasteiger partial charge is 0.365 e. The van der Waals surface area contributed by atoms with Crippen molar-refractivity contribution in [3.63, 3.8) is 0 Å². The summed E-state index contributed by atoms with van der Waals surface area (Å²) in [5.41, 5.74) is 0.127. The highest BCUT2D eigenvalue weighted by atomic mass is 79.9. The second-order valence-electron chi connectivity index (χ2n) is 5.56. The van der Waals surface area contributed by atoms with Crippen LogP contribution in [0.15, 0.2) is 21.7 Å². The van der Waals surface area contributed by atoms with E-state index in [-0.39, 0.29) is 17.4 Å². The molecule has 1 aromatic heterocycles. The van der Waals surface area contributed by atoms with E-state index in [1.807, 2.05) is 0 Å². The average Bonchev–Trinajstić information content (AvgIpc) is 3.10. The van der Waals surface area contributed by atoms with Crippen molar-refractivity contribution in [3.05, 3.63) is 27.1 Å². The first kappa shape index (κ1) is 13.8. The van der Waals surface area contributed by atoms with E-state index in [0.29, 0.717) is 16.1 Å². The van der Waals surface area contributed by atoms with Crippen molar-refractivity contribution in [3.8, 4) is 0 Å². The van der Waals surface area contributed by atoms with E-state index < -0.39 is 0 Å². The van der Waals surface area contributed by atoms with E-state index in [4.69, 9.17) is 0 Å². The van der Waals surface area contributed by atoms with Crippen LogP contribution in [0.1, 0.15) is 25.7 Å². The van der Waals surface area contributed by atoms with Gasteiger partial charge in [-0.15, -0.1) is 0 Å². The summed E-state index contributed by atoms with van der Waals surface area (Å²) in [5.74, 6) is 0.414. The van der Waals surface area contributed by atoms with Gasteiger partial charge in [0.05, 0.1) is 10.5 Å². The summed E-state index contributed by atoms with van der Waals surface area (Å²) in [6.07, 6.45) is 7.66. The number of aromatic nitrogens is 1. The number of anilines is 1. The average molecular weight is 340 g/mol. The Balaban J connectivity index is 1.76. The third kappa shape index (κ3) is 2.81. The molecule has 108 valence electrons. The van der Waals surface area contributed by atoms with Gasteiger partial charge in [0.25, 0.3) is 0 Å². The smallest absolute Gasteiger partial charge is 0.242 e. The number of rotatable bonds is 4. The summed E-state index contributed by atoms with van der Waals surface area (Å²) in [6.45, 7) is 1.98. The zero-order valence-electron chi connectivity index (χ0n) is 11.2. The maximum atomic E-state index is 12.5. The van der Waals surface area contributed by atoms with Crippen LogP contribution in [0.5, 0.6) is 0 Å². The van der Waals surface area contributed by atoms with E-state index in [0.717, 1.165) is 38.8 Å². The molecule has 1 atom stereocenters. The minimum Gasteiger partial charge on any atom is -0.365 e. The first-order valence-electron chi connectivity index (χ1n) is 7.08. The summed E-state index contributed by atoms with van der Waals surface area (Å²) in [7, 11) is 0. The van der Waals surface area contributed by atoms with Crippen molar-refractivity contribution in [2.45, 2.75) is 31.7 Å². The Morgan fingerprint density at radius 1 is 1.35 bits per heavy atom. The molecule has 2 fully saturated rings. The Bertz CT molecular complexity index is 562. The molecule has 2 N–H and O–H groups in total.